The van der Waals surface area contributed by atoms with Gasteiger partial charge in [-0.15, -0.1) is 0 Å². The van der Waals surface area contributed by atoms with Crippen LogP contribution in [0.5, 0.6) is 17.2 Å². The molecule has 1 N–H and O–H groups in total. The average Bonchev–Trinajstić information content (AvgIpc) is 3.25. The smallest absolute Gasteiger partial charge is 0.294 e. The molecule has 1 fully saturated rings. The first-order valence-electron chi connectivity index (χ1n) is 13.5. The molecule has 0 bridgehead atoms. The largest absolute Gasteiger partial charge is 0.488 e. The van der Waals surface area contributed by atoms with Gasteiger partial charge >= 0.3 is 0 Å². The minimum Gasteiger partial charge on any atom is -0.488 e. The lowest BCUT2D eigenvalue weighted by atomic mass is 10.1. The number of nitrogens with one attached hydrogen (secondary N) is 1. The highest BCUT2D eigenvalue weighted by atomic mass is 32.2. The lowest BCUT2D eigenvalue weighted by Gasteiger charge is -2.22. The number of imide groups is 1. The van der Waals surface area contributed by atoms with Gasteiger partial charge in [-0.2, -0.15) is 0 Å². The van der Waals surface area contributed by atoms with Crippen LogP contribution in [0.3, 0.4) is 0 Å². The van der Waals surface area contributed by atoms with Crippen molar-refractivity contribution in [3.63, 3.8) is 0 Å². The normalized spacial score (nSPS) is 15.3. The van der Waals surface area contributed by atoms with Gasteiger partial charge in [0.1, 0.15) is 32.1 Å². The number of anilines is 2. The molecule has 0 radical (unpaired) electrons. The number of carbonyl (C=O) groups excluding carboxylic acids is 3. The summed E-state index contributed by atoms with van der Waals surface area (Å²) in [5, 5.41) is 2.21. The Hall–Kier alpha value is -4.44. The van der Waals surface area contributed by atoms with Crippen molar-refractivity contribution in [2.24, 2.45) is 0 Å². The Balaban J connectivity index is 1.32. The monoisotopic (exact) mass is 573 g/mol. The number of carbonyl (C=O) groups is 3. The first-order valence-corrected chi connectivity index (χ1v) is 14.3. The van der Waals surface area contributed by atoms with E-state index in [0.717, 1.165) is 41.0 Å². The van der Waals surface area contributed by atoms with Crippen LogP contribution in [-0.4, -0.2) is 54.8 Å². The molecular weight excluding hydrogens is 542 g/mol. The van der Waals surface area contributed by atoms with Crippen molar-refractivity contribution in [2.75, 3.05) is 43.1 Å². The van der Waals surface area contributed by atoms with Gasteiger partial charge in [0, 0.05) is 42.2 Å². The first kappa shape index (κ1) is 28.1. The average molecular weight is 574 g/mol. The van der Waals surface area contributed by atoms with Gasteiger partial charge in [-0.25, -0.2) is 0 Å². The minimum atomic E-state index is -0.529. The van der Waals surface area contributed by atoms with Crippen molar-refractivity contribution in [1.29, 1.82) is 0 Å². The highest BCUT2D eigenvalue weighted by molar-refractivity contribution is 8.18. The number of thioether (sulfide) groups is 1. The van der Waals surface area contributed by atoms with E-state index in [1.165, 1.54) is 0 Å². The molecule has 0 atom stereocenters. The molecule has 0 aliphatic carbocycles. The van der Waals surface area contributed by atoms with Crippen molar-refractivity contribution < 1.29 is 28.6 Å². The number of benzene rings is 3. The summed E-state index contributed by atoms with van der Waals surface area (Å²) in [7, 11) is 0. The molecule has 41 heavy (non-hydrogen) atoms. The summed E-state index contributed by atoms with van der Waals surface area (Å²) in [4.78, 5) is 42.1. The highest BCUT2D eigenvalue weighted by Crippen LogP contribution is 2.36. The highest BCUT2D eigenvalue weighted by Gasteiger charge is 2.36. The van der Waals surface area contributed by atoms with Gasteiger partial charge in [-0.1, -0.05) is 30.3 Å². The Labute approximate surface area is 243 Å². The summed E-state index contributed by atoms with van der Waals surface area (Å²) >= 11 is 0.802. The molecule has 9 nitrogen and oxygen atoms in total. The molecule has 0 spiro atoms. The standard InChI is InChI=1S/C31H31N3O6S/c1-3-33(4-2)24-12-10-22(26(18-24)40-20-21-8-6-5-7-9-21)16-28-30(36)34(31(37)41-28)19-29(35)32-23-11-13-25-27(17-23)39-15-14-38-25/h5-13,16-18H,3-4,14-15,19-20H2,1-2H3,(H,32,35)/b28-16+. The van der Waals surface area contributed by atoms with E-state index in [1.54, 1.807) is 24.3 Å². The van der Waals surface area contributed by atoms with Crippen LogP contribution in [0.25, 0.3) is 6.08 Å². The van der Waals surface area contributed by atoms with E-state index < -0.39 is 23.6 Å². The Morgan fingerprint density at radius 1 is 1.00 bits per heavy atom. The first-order chi connectivity index (χ1) is 19.9. The van der Waals surface area contributed by atoms with Crippen LogP contribution < -0.4 is 24.4 Å². The predicted molar refractivity (Wildman–Crippen MR) is 160 cm³/mol. The van der Waals surface area contributed by atoms with Gasteiger partial charge in [0.05, 0.1) is 4.91 Å². The molecule has 3 aromatic carbocycles. The van der Waals surface area contributed by atoms with Gasteiger partial charge in [0.2, 0.25) is 5.91 Å². The molecule has 2 heterocycles. The zero-order valence-electron chi connectivity index (χ0n) is 22.9. The van der Waals surface area contributed by atoms with Gasteiger partial charge in [0.15, 0.2) is 11.5 Å². The summed E-state index contributed by atoms with van der Waals surface area (Å²) in [6.07, 6.45) is 1.65. The lowest BCUT2D eigenvalue weighted by molar-refractivity contribution is -0.127. The van der Waals surface area contributed by atoms with Crippen LogP contribution in [0.1, 0.15) is 25.0 Å². The maximum Gasteiger partial charge on any atom is 0.294 e. The molecule has 3 aromatic rings. The van der Waals surface area contributed by atoms with E-state index in [2.05, 4.69) is 24.1 Å². The summed E-state index contributed by atoms with van der Waals surface area (Å²) in [6, 6.07) is 20.7. The third-order valence-electron chi connectivity index (χ3n) is 6.65. The van der Waals surface area contributed by atoms with Crippen molar-refractivity contribution >= 4 is 46.3 Å². The van der Waals surface area contributed by atoms with Crippen molar-refractivity contribution in [3.05, 3.63) is 82.8 Å². The number of rotatable bonds is 10. The molecule has 0 aromatic heterocycles. The topological polar surface area (TPSA) is 97.4 Å². The molecule has 3 amide bonds. The molecule has 5 rings (SSSR count). The summed E-state index contributed by atoms with van der Waals surface area (Å²) in [5.41, 5.74) is 3.16. The Kier molecular flexibility index (Phi) is 8.79. The second kappa shape index (κ2) is 12.8. The van der Waals surface area contributed by atoms with Crippen molar-refractivity contribution in [3.8, 4) is 17.2 Å². The van der Waals surface area contributed by atoms with Crippen LogP contribution in [0, 0.1) is 0 Å². The Morgan fingerprint density at radius 3 is 2.51 bits per heavy atom. The number of ether oxygens (including phenoxy) is 3. The number of fused-ring (bicyclic) bond motifs is 1. The second-order valence-electron chi connectivity index (χ2n) is 9.34. The number of hydrogen-bond donors (Lipinski definition) is 1. The number of nitrogens with zero attached hydrogens (tertiary/aromatic N) is 2. The van der Waals surface area contributed by atoms with E-state index in [1.807, 2.05) is 48.5 Å². The van der Waals surface area contributed by atoms with Crippen LogP contribution in [0.2, 0.25) is 0 Å². The summed E-state index contributed by atoms with van der Waals surface area (Å²) in [5.74, 6) is 0.698. The SMILES string of the molecule is CCN(CC)c1ccc(/C=C2/SC(=O)N(CC(=O)Nc3ccc4c(c3)OCCO4)C2=O)c(OCc2ccccc2)c1. The fourth-order valence-corrected chi connectivity index (χ4v) is 5.36. The Bertz CT molecular complexity index is 1470. The second-order valence-corrected chi connectivity index (χ2v) is 10.3. The number of amides is 3. The van der Waals surface area contributed by atoms with Gasteiger partial charge in [-0.3, -0.25) is 19.3 Å². The molecule has 10 heteroatoms. The van der Waals surface area contributed by atoms with Gasteiger partial charge < -0.3 is 24.4 Å². The zero-order chi connectivity index (χ0) is 28.8. The fraction of sp³-hybridized carbons (Fsp3) is 0.258. The maximum absolute atomic E-state index is 13.2. The molecule has 2 aliphatic rings. The quantitative estimate of drug-likeness (QED) is 0.315. The molecule has 2 aliphatic heterocycles. The predicted octanol–water partition coefficient (Wildman–Crippen LogP) is 5.56. The van der Waals surface area contributed by atoms with Crippen LogP contribution >= 0.6 is 11.8 Å². The van der Waals surface area contributed by atoms with Gasteiger partial charge in [0.25, 0.3) is 11.1 Å². The van der Waals surface area contributed by atoms with E-state index in [4.69, 9.17) is 14.2 Å². The molecule has 0 unspecified atom stereocenters. The van der Waals surface area contributed by atoms with Gasteiger partial charge in [-0.05, 0) is 61.5 Å². The molecule has 212 valence electrons. The van der Waals surface area contributed by atoms with Crippen molar-refractivity contribution in [1.82, 2.24) is 4.90 Å². The lowest BCUT2D eigenvalue weighted by Crippen LogP contribution is -2.36. The Morgan fingerprint density at radius 2 is 1.76 bits per heavy atom. The van der Waals surface area contributed by atoms with Crippen LogP contribution in [-0.2, 0) is 16.2 Å². The molecular formula is C31H31N3O6S. The van der Waals surface area contributed by atoms with E-state index in [9.17, 15) is 14.4 Å². The van der Waals surface area contributed by atoms with Crippen LogP contribution in [0.15, 0.2) is 71.6 Å². The maximum atomic E-state index is 13.2. The summed E-state index contributed by atoms with van der Waals surface area (Å²) < 4.78 is 17.2. The third kappa shape index (κ3) is 6.66. The van der Waals surface area contributed by atoms with E-state index in [0.29, 0.717) is 48.3 Å². The minimum absolute atomic E-state index is 0.224. The molecule has 0 saturated carbocycles. The van der Waals surface area contributed by atoms with E-state index >= 15 is 0 Å². The van der Waals surface area contributed by atoms with Crippen molar-refractivity contribution in [2.45, 2.75) is 20.5 Å². The fourth-order valence-electron chi connectivity index (χ4n) is 4.53. The molecule has 1 saturated heterocycles. The third-order valence-corrected chi connectivity index (χ3v) is 7.56. The van der Waals surface area contributed by atoms with E-state index in [-0.39, 0.29) is 4.91 Å². The zero-order valence-corrected chi connectivity index (χ0v) is 23.7. The summed E-state index contributed by atoms with van der Waals surface area (Å²) in [6.45, 7) is 6.67. The van der Waals surface area contributed by atoms with Crippen LogP contribution in [0.4, 0.5) is 16.2 Å². The number of hydrogen-bond acceptors (Lipinski definition) is 8.